The zero-order valence-corrected chi connectivity index (χ0v) is 8.54. The molecule has 2 N–H and O–H groups in total. The van der Waals surface area contributed by atoms with Crippen LogP contribution in [0.15, 0.2) is 39.7 Å². The highest BCUT2D eigenvalue weighted by atomic mass is 16.4. The molecule has 2 aromatic heterocycles. The number of fused-ring (bicyclic) bond motifs is 1. The molecule has 0 radical (unpaired) electrons. The Morgan fingerprint density at radius 1 is 1.29 bits per heavy atom. The molecule has 2 heterocycles. The Balaban J connectivity index is 2.32. The summed E-state index contributed by atoms with van der Waals surface area (Å²) >= 11 is 0. The molecule has 6 heteroatoms. The van der Waals surface area contributed by atoms with E-state index in [9.17, 15) is 9.90 Å². The average Bonchev–Trinajstić information content (AvgIpc) is 2.81. The first kappa shape index (κ1) is 9.59. The van der Waals surface area contributed by atoms with E-state index >= 15 is 0 Å². The third-order valence-electron chi connectivity index (χ3n) is 2.41. The third-order valence-corrected chi connectivity index (χ3v) is 2.41. The van der Waals surface area contributed by atoms with Gasteiger partial charge in [-0.1, -0.05) is 5.21 Å². The summed E-state index contributed by atoms with van der Waals surface area (Å²) in [6, 6.07) is 6.23. The topological polar surface area (TPSA) is 92.0 Å². The van der Waals surface area contributed by atoms with Crippen LogP contribution in [0.1, 0.15) is 0 Å². The first-order valence-corrected chi connectivity index (χ1v) is 4.88. The molecule has 0 unspecified atom stereocenters. The molecule has 0 amide bonds. The molecule has 84 valence electrons. The number of hydrogen-bond donors (Lipinski definition) is 2. The van der Waals surface area contributed by atoms with Crippen LogP contribution in [-0.4, -0.2) is 20.5 Å². The summed E-state index contributed by atoms with van der Waals surface area (Å²) in [5.41, 5.74) is 0.574. The number of aromatic hydroxyl groups is 1. The number of aromatic amines is 1. The van der Waals surface area contributed by atoms with Gasteiger partial charge in [-0.05, 0) is 18.2 Å². The van der Waals surface area contributed by atoms with Crippen molar-refractivity contribution in [1.82, 2.24) is 15.4 Å². The van der Waals surface area contributed by atoms with Crippen LogP contribution < -0.4 is 5.63 Å². The predicted octanol–water partition coefficient (Wildman–Crippen LogP) is 1.28. The molecule has 0 saturated carbocycles. The van der Waals surface area contributed by atoms with E-state index in [-0.39, 0.29) is 5.75 Å². The van der Waals surface area contributed by atoms with Crippen LogP contribution in [0.3, 0.4) is 0 Å². The Hall–Kier alpha value is -2.63. The van der Waals surface area contributed by atoms with Crippen LogP contribution in [0.2, 0.25) is 0 Å². The van der Waals surface area contributed by atoms with Crippen molar-refractivity contribution in [3.63, 3.8) is 0 Å². The first-order chi connectivity index (χ1) is 8.24. The predicted molar refractivity (Wildman–Crippen MR) is 59.5 cm³/mol. The van der Waals surface area contributed by atoms with Gasteiger partial charge < -0.3 is 9.52 Å². The number of phenols is 1. The van der Waals surface area contributed by atoms with Gasteiger partial charge in [0.2, 0.25) is 0 Å². The number of aromatic nitrogens is 3. The molecule has 0 saturated heterocycles. The lowest BCUT2D eigenvalue weighted by molar-refractivity contribution is 0.473. The van der Waals surface area contributed by atoms with Gasteiger partial charge in [-0.3, -0.25) is 5.10 Å². The van der Waals surface area contributed by atoms with Crippen LogP contribution in [-0.2, 0) is 0 Å². The van der Waals surface area contributed by atoms with E-state index in [4.69, 9.17) is 4.42 Å². The lowest BCUT2D eigenvalue weighted by atomic mass is 10.1. The Kier molecular flexibility index (Phi) is 1.94. The first-order valence-electron chi connectivity index (χ1n) is 4.88. The maximum atomic E-state index is 11.7. The fraction of sp³-hybridized carbons (Fsp3) is 0. The highest BCUT2D eigenvalue weighted by molar-refractivity contribution is 5.81. The molecule has 0 aliphatic rings. The second kappa shape index (κ2) is 3.44. The molecule has 0 bridgehead atoms. The van der Waals surface area contributed by atoms with Crippen molar-refractivity contribution in [3.05, 3.63) is 40.9 Å². The van der Waals surface area contributed by atoms with E-state index in [0.717, 1.165) is 0 Å². The number of nitrogens with zero attached hydrogens (tertiary/aromatic N) is 2. The summed E-state index contributed by atoms with van der Waals surface area (Å²) in [5, 5.41) is 19.8. The molecule has 6 nitrogen and oxygen atoms in total. The molecular formula is C11H7N3O3. The van der Waals surface area contributed by atoms with Gasteiger partial charge in [-0.2, -0.15) is 0 Å². The van der Waals surface area contributed by atoms with E-state index in [1.54, 1.807) is 12.1 Å². The van der Waals surface area contributed by atoms with E-state index in [1.165, 1.54) is 18.3 Å². The lowest BCUT2D eigenvalue weighted by Crippen LogP contribution is -2.02. The maximum Gasteiger partial charge on any atom is 0.345 e. The van der Waals surface area contributed by atoms with Crippen molar-refractivity contribution >= 4 is 11.0 Å². The minimum absolute atomic E-state index is 0.0508. The Morgan fingerprint density at radius 3 is 2.94 bits per heavy atom. The molecule has 17 heavy (non-hydrogen) atoms. The minimum Gasteiger partial charge on any atom is -0.508 e. The van der Waals surface area contributed by atoms with E-state index in [1.807, 2.05) is 0 Å². The van der Waals surface area contributed by atoms with Gasteiger partial charge in [0.1, 0.15) is 17.0 Å². The molecule has 1 aromatic carbocycles. The number of H-pyrrole nitrogens is 1. The Bertz CT molecular complexity index is 731. The van der Waals surface area contributed by atoms with E-state index in [2.05, 4.69) is 15.4 Å². The van der Waals surface area contributed by atoms with Gasteiger partial charge in [-0.15, -0.1) is 5.10 Å². The smallest absolute Gasteiger partial charge is 0.345 e. The molecule has 0 aliphatic heterocycles. The zero-order chi connectivity index (χ0) is 11.8. The van der Waals surface area contributed by atoms with Crippen molar-refractivity contribution in [2.75, 3.05) is 0 Å². The summed E-state index contributed by atoms with van der Waals surface area (Å²) in [4.78, 5) is 11.7. The SMILES string of the molecule is O=c1oc2cc(O)ccc2cc1-c1c[nH]nn1. The second-order valence-electron chi connectivity index (χ2n) is 3.53. The van der Waals surface area contributed by atoms with Crippen molar-refractivity contribution in [2.45, 2.75) is 0 Å². The van der Waals surface area contributed by atoms with Crippen LogP contribution in [0, 0.1) is 0 Å². The van der Waals surface area contributed by atoms with Crippen LogP contribution in [0.25, 0.3) is 22.2 Å². The summed E-state index contributed by atoms with van der Waals surface area (Å²) < 4.78 is 5.10. The van der Waals surface area contributed by atoms with Crippen molar-refractivity contribution < 1.29 is 9.52 Å². The molecule has 0 spiro atoms. The summed E-state index contributed by atoms with van der Waals surface area (Å²) in [6.45, 7) is 0. The van der Waals surface area contributed by atoms with Crippen LogP contribution >= 0.6 is 0 Å². The molecular weight excluding hydrogens is 222 g/mol. The number of hydrogen-bond acceptors (Lipinski definition) is 5. The van der Waals surface area contributed by atoms with Gasteiger partial charge in [0.25, 0.3) is 0 Å². The number of nitrogens with one attached hydrogen (secondary N) is 1. The van der Waals surface area contributed by atoms with E-state index < -0.39 is 5.63 Å². The fourth-order valence-corrected chi connectivity index (χ4v) is 1.61. The average molecular weight is 229 g/mol. The zero-order valence-electron chi connectivity index (χ0n) is 8.54. The molecule has 0 aliphatic carbocycles. The maximum absolute atomic E-state index is 11.7. The van der Waals surface area contributed by atoms with Crippen LogP contribution in [0.5, 0.6) is 5.75 Å². The quantitative estimate of drug-likeness (QED) is 0.613. The van der Waals surface area contributed by atoms with Gasteiger partial charge in [0.05, 0.1) is 11.8 Å². The van der Waals surface area contributed by atoms with Crippen LogP contribution in [0.4, 0.5) is 0 Å². The van der Waals surface area contributed by atoms with Gasteiger partial charge in [0.15, 0.2) is 0 Å². The number of rotatable bonds is 1. The van der Waals surface area contributed by atoms with Gasteiger partial charge in [0, 0.05) is 11.5 Å². The number of benzene rings is 1. The van der Waals surface area contributed by atoms with Crippen molar-refractivity contribution in [1.29, 1.82) is 0 Å². The highest BCUT2D eigenvalue weighted by Crippen LogP contribution is 2.22. The van der Waals surface area contributed by atoms with Crippen molar-refractivity contribution in [2.24, 2.45) is 0 Å². The fourth-order valence-electron chi connectivity index (χ4n) is 1.61. The van der Waals surface area contributed by atoms with E-state index in [0.29, 0.717) is 22.2 Å². The summed E-state index contributed by atoms with van der Waals surface area (Å²) in [5.74, 6) is 0.0508. The minimum atomic E-state index is -0.517. The largest absolute Gasteiger partial charge is 0.508 e. The standard InChI is InChI=1S/C11H7N3O3/c15-7-2-1-6-3-8(9-5-12-14-13-9)11(16)17-10(6)4-7/h1-5,15H,(H,12,13,14). The molecule has 3 aromatic rings. The second-order valence-corrected chi connectivity index (χ2v) is 3.53. The Labute approximate surface area is 94.5 Å². The monoisotopic (exact) mass is 229 g/mol. The van der Waals surface area contributed by atoms with Gasteiger partial charge >= 0.3 is 5.63 Å². The highest BCUT2D eigenvalue weighted by Gasteiger charge is 2.10. The van der Waals surface area contributed by atoms with Gasteiger partial charge in [-0.25, -0.2) is 4.79 Å². The summed E-state index contributed by atoms with van der Waals surface area (Å²) in [6.07, 6.45) is 1.51. The molecule has 0 atom stereocenters. The lowest BCUT2D eigenvalue weighted by Gasteiger charge is -1.99. The number of phenolic OH excluding ortho intramolecular Hbond substituents is 1. The Morgan fingerprint density at radius 2 is 2.18 bits per heavy atom. The molecule has 0 fully saturated rings. The third kappa shape index (κ3) is 1.55. The van der Waals surface area contributed by atoms with Crippen molar-refractivity contribution in [3.8, 4) is 17.0 Å². The summed E-state index contributed by atoms with van der Waals surface area (Å²) in [7, 11) is 0. The molecule has 3 rings (SSSR count). The normalized spacial score (nSPS) is 10.8.